The van der Waals surface area contributed by atoms with Gasteiger partial charge in [-0.3, -0.25) is 9.59 Å². The Hall–Kier alpha value is -1.53. The van der Waals surface area contributed by atoms with E-state index in [-0.39, 0.29) is 59.3 Å². The van der Waals surface area contributed by atoms with E-state index in [0.717, 1.165) is 19.3 Å². The first-order valence-corrected chi connectivity index (χ1v) is 11.2. The van der Waals surface area contributed by atoms with Crippen LogP contribution in [0.25, 0.3) is 0 Å². The van der Waals surface area contributed by atoms with Gasteiger partial charge in [0.25, 0.3) is 0 Å². The summed E-state index contributed by atoms with van der Waals surface area (Å²) in [5.41, 5.74) is 0.412. The molecular weight excluding hydrogens is 384 g/mol. The fraction of sp³-hybridized carbons (Fsp3) is 0.792. The highest BCUT2D eigenvalue weighted by Crippen LogP contribution is 2.62. The first kappa shape index (κ1) is 21.7. The number of hydrogen-bond donors (Lipinski definition) is 0. The number of ketones is 2. The second kappa shape index (κ2) is 7.86. The first-order valence-electron chi connectivity index (χ1n) is 11.2. The lowest BCUT2D eigenvalue weighted by molar-refractivity contribution is -0.169. The molecule has 0 spiro atoms. The van der Waals surface area contributed by atoms with Gasteiger partial charge in [-0.25, -0.2) is 0 Å². The van der Waals surface area contributed by atoms with Crippen molar-refractivity contribution >= 4 is 17.5 Å². The number of fused-ring (bicyclic) bond motifs is 5. The Morgan fingerprint density at radius 2 is 1.97 bits per heavy atom. The smallest absolute Gasteiger partial charge is 0.305 e. The van der Waals surface area contributed by atoms with Crippen molar-refractivity contribution < 1.29 is 28.6 Å². The van der Waals surface area contributed by atoms with Crippen molar-refractivity contribution in [3.63, 3.8) is 0 Å². The summed E-state index contributed by atoms with van der Waals surface area (Å²) in [6.45, 7) is 6.98. The van der Waals surface area contributed by atoms with Crippen LogP contribution in [0.4, 0.5) is 0 Å². The minimum Gasteiger partial charge on any atom is -0.469 e. The number of rotatable bonds is 4. The number of ether oxygens (including phenoxy) is 3. The van der Waals surface area contributed by atoms with Crippen molar-refractivity contribution in [2.24, 2.45) is 28.6 Å². The Morgan fingerprint density at radius 1 is 1.23 bits per heavy atom. The van der Waals surface area contributed by atoms with Gasteiger partial charge in [0.05, 0.1) is 26.4 Å². The fourth-order valence-electron chi connectivity index (χ4n) is 7.13. The molecule has 1 aliphatic heterocycles. The molecular formula is C24H34O6. The molecule has 0 N–H and O–H groups in total. The van der Waals surface area contributed by atoms with Gasteiger partial charge in [0.1, 0.15) is 17.7 Å². The van der Waals surface area contributed by atoms with E-state index in [1.54, 1.807) is 6.92 Å². The zero-order chi connectivity index (χ0) is 21.7. The van der Waals surface area contributed by atoms with Crippen LogP contribution in [-0.4, -0.2) is 50.1 Å². The van der Waals surface area contributed by atoms with Crippen molar-refractivity contribution in [3.8, 4) is 0 Å². The third-order valence-corrected chi connectivity index (χ3v) is 8.29. The Kier molecular flexibility index (Phi) is 5.69. The summed E-state index contributed by atoms with van der Waals surface area (Å²) in [4.78, 5) is 38.0. The molecule has 0 aromatic rings. The van der Waals surface area contributed by atoms with Gasteiger partial charge >= 0.3 is 5.97 Å². The average Bonchev–Trinajstić information content (AvgIpc) is 2.68. The molecule has 0 aromatic heterocycles. The normalized spacial score (nSPS) is 43.0. The van der Waals surface area contributed by atoms with Crippen LogP contribution in [0.15, 0.2) is 11.6 Å². The van der Waals surface area contributed by atoms with Gasteiger partial charge in [-0.05, 0) is 49.0 Å². The van der Waals surface area contributed by atoms with Crippen LogP contribution in [0.3, 0.4) is 0 Å². The van der Waals surface area contributed by atoms with Crippen LogP contribution in [0.5, 0.6) is 0 Å². The molecule has 2 saturated carbocycles. The molecule has 4 rings (SSSR count). The summed E-state index contributed by atoms with van der Waals surface area (Å²) in [6, 6.07) is 0. The number of carbonyl (C=O) groups excluding carboxylic acids is 3. The lowest BCUT2D eigenvalue weighted by Crippen LogP contribution is -2.59. The molecule has 0 bridgehead atoms. The second-order valence-electron chi connectivity index (χ2n) is 10.3. The van der Waals surface area contributed by atoms with Crippen molar-refractivity contribution in [3.05, 3.63) is 11.6 Å². The number of allylic oxidation sites excluding steroid dienone is 1. The van der Waals surface area contributed by atoms with Gasteiger partial charge in [0.2, 0.25) is 0 Å². The third kappa shape index (κ3) is 3.46. The number of carbonyl (C=O) groups is 3. The van der Waals surface area contributed by atoms with Crippen molar-refractivity contribution in [2.45, 2.75) is 71.5 Å². The van der Waals surface area contributed by atoms with Gasteiger partial charge in [-0.2, -0.15) is 0 Å². The summed E-state index contributed by atoms with van der Waals surface area (Å²) < 4.78 is 17.1. The topological polar surface area (TPSA) is 78.9 Å². The lowest BCUT2D eigenvalue weighted by atomic mass is 9.46. The standard InChI is InChI=1S/C24H34O6/c1-14(25)12-23(2)13-18(26)21-15(17(23)11-20(27)28-4)5-6-16-22-19(29-9-10-30-22)7-8-24(16,21)3/h6,15,17,19,21-22H,5,7-13H2,1-4H3. The zero-order valence-corrected chi connectivity index (χ0v) is 18.6. The molecule has 166 valence electrons. The van der Waals surface area contributed by atoms with E-state index in [4.69, 9.17) is 14.2 Å². The van der Waals surface area contributed by atoms with Crippen molar-refractivity contribution in [1.29, 1.82) is 0 Å². The Labute approximate surface area is 178 Å². The van der Waals surface area contributed by atoms with Gasteiger partial charge in [-0.15, -0.1) is 0 Å². The third-order valence-electron chi connectivity index (χ3n) is 8.29. The molecule has 7 atom stereocenters. The summed E-state index contributed by atoms with van der Waals surface area (Å²) in [6.07, 6.45) is 5.64. The minimum absolute atomic E-state index is 0.0320. The molecule has 1 heterocycles. The molecule has 1 saturated heterocycles. The molecule has 30 heavy (non-hydrogen) atoms. The number of hydrogen-bond acceptors (Lipinski definition) is 6. The monoisotopic (exact) mass is 418 g/mol. The molecule has 0 aromatic carbocycles. The number of methoxy groups -OCH3 is 1. The van der Waals surface area contributed by atoms with E-state index in [1.165, 1.54) is 12.7 Å². The molecule has 0 amide bonds. The summed E-state index contributed by atoms with van der Waals surface area (Å²) >= 11 is 0. The SMILES string of the molecule is COC(=O)CC1C2CC=C3C4OCCOC4CCC3(C)C2C(=O)CC1(C)CC(C)=O. The molecule has 3 aliphatic carbocycles. The highest BCUT2D eigenvalue weighted by atomic mass is 16.6. The zero-order valence-electron chi connectivity index (χ0n) is 18.6. The summed E-state index contributed by atoms with van der Waals surface area (Å²) in [5, 5.41) is 0. The number of Topliss-reactive ketones (excluding diaryl/α,β-unsaturated/α-hetero) is 2. The van der Waals surface area contributed by atoms with Crippen LogP contribution in [-0.2, 0) is 28.6 Å². The van der Waals surface area contributed by atoms with Gasteiger partial charge in [0, 0.05) is 30.6 Å². The van der Waals surface area contributed by atoms with Gasteiger partial charge in [0.15, 0.2) is 0 Å². The van der Waals surface area contributed by atoms with Crippen LogP contribution in [0, 0.1) is 28.6 Å². The van der Waals surface area contributed by atoms with Crippen LogP contribution in [0.1, 0.15) is 59.3 Å². The van der Waals surface area contributed by atoms with Crippen LogP contribution in [0.2, 0.25) is 0 Å². The molecule has 6 heteroatoms. The molecule has 7 unspecified atom stereocenters. The van der Waals surface area contributed by atoms with Crippen molar-refractivity contribution in [2.75, 3.05) is 20.3 Å². The predicted molar refractivity (Wildman–Crippen MR) is 110 cm³/mol. The predicted octanol–water partition coefficient (Wildman–Crippen LogP) is 3.27. The quantitative estimate of drug-likeness (QED) is 0.515. The lowest BCUT2D eigenvalue weighted by Gasteiger charge is -2.59. The Balaban J connectivity index is 1.73. The highest BCUT2D eigenvalue weighted by Gasteiger charge is 2.60. The maximum Gasteiger partial charge on any atom is 0.305 e. The molecule has 0 radical (unpaired) electrons. The van der Waals surface area contributed by atoms with E-state index in [1.807, 2.05) is 6.92 Å². The maximum absolute atomic E-state index is 13.6. The molecule has 6 nitrogen and oxygen atoms in total. The van der Waals surface area contributed by atoms with E-state index in [9.17, 15) is 14.4 Å². The van der Waals surface area contributed by atoms with E-state index in [0.29, 0.717) is 26.1 Å². The summed E-state index contributed by atoms with van der Waals surface area (Å²) in [5.74, 6) is -0.163. The second-order valence-corrected chi connectivity index (χ2v) is 10.3. The molecule has 4 aliphatic rings. The number of esters is 1. The van der Waals surface area contributed by atoms with E-state index < -0.39 is 5.41 Å². The summed E-state index contributed by atoms with van der Waals surface area (Å²) in [7, 11) is 1.40. The highest BCUT2D eigenvalue weighted by molar-refractivity contribution is 5.87. The van der Waals surface area contributed by atoms with E-state index >= 15 is 0 Å². The molecule has 3 fully saturated rings. The van der Waals surface area contributed by atoms with E-state index in [2.05, 4.69) is 13.0 Å². The first-order chi connectivity index (χ1) is 14.2. The largest absolute Gasteiger partial charge is 0.469 e. The fourth-order valence-corrected chi connectivity index (χ4v) is 7.13. The Morgan fingerprint density at radius 3 is 2.67 bits per heavy atom. The maximum atomic E-state index is 13.6. The Bertz CT molecular complexity index is 772. The van der Waals surface area contributed by atoms with Gasteiger partial charge in [-0.1, -0.05) is 19.9 Å². The van der Waals surface area contributed by atoms with Crippen LogP contribution < -0.4 is 0 Å². The van der Waals surface area contributed by atoms with Gasteiger partial charge < -0.3 is 19.0 Å². The minimum atomic E-state index is -0.512. The van der Waals surface area contributed by atoms with Crippen molar-refractivity contribution in [1.82, 2.24) is 0 Å². The van der Waals surface area contributed by atoms with Crippen LogP contribution >= 0.6 is 0 Å². The average molecular weight is 419 g/mol.